The molecule has 1 aliphatic carbocycles. The predicted molar refractivity (Wildman–Crippen MR) is 107 cm³/mol. The summed E-state index contributed by atoms with van der Waals surface area (Å²) < 4.78 is 10.8. The van der Waals surface area contributed by atoms with E-state index in [1.54, 1.807) is 25.1 Å². The maximum atomic E-state index is 12.9. The quantitative estimate of drug-likeness (QED) is 0.569. The number of rotatable bonds is 6. The number of carbonyl (C=O) groups excluding carboxylic acids is 2. The van der Waals surface area contributed by atoms with Crippen LogP contribution in [0.3, 0.4) is 0 Å². The Hall–Kier alpha value is -2.34. The van der Waals surface area contributed by atoms with Gasteiger partial charge in [-0.05, 0) is 57.2 Å². The smallest absolute Gasteiger partial charge is 0.341 e. The molecule has 0 fully saturated rings. The minimum absolute atomic E-state index is 0.277. The van der Waals surface area contributed by atoms with Crippen molar-refractivity contribution in [3.05, 3.63) is 45.8 Å². The normalized spacial score (nSPS) is 13.4. The summed E-state index contributed by atoms with van der Waals surface area (Å²) in [4.78, 5) is 26.7. The zero-order chi connectivity index (χ0) is 19.2. The van der Waals surface area contributed by atoms with Crippen LogP contribution in [0, 0.1) is 0 Å². The Balaban J connectivity index is 1.94. The molecule has 1 aliphatic rings. The third-order valence-electron chi connectivity index (χ3n) is 4.56. The van der Waals surface area contributed by atoms with Gasteiger partial charge in [0.25, 0.3) is 5.91 Å². The number of hydrogen-bond acceptors (Lipinski definition) is 5. The first-order chi connectivity index (χ1) is 13.2. The molecule has 0 radical (unpaired) electrons. The number of para-hydroxylation sites is 1. The molecule has 1 amide bonds. The molecule has 0 saturated carbocycles. The van der Waals surface area contributed by atoms with Crippen LogP contribution in [-0.4, -0.2) is 25.1 Å². The average Bonchev–Trinajstić information content (AvgIpc) is 2.83. The molecule has 1 N–H and O–H groups in total. The topological polar surface area (TPSA) is 64.6 Å². The van der Waals surface area contributed by atoms with Crippen LogP contribution in [0.5, 0.6) is 5.75 Å². The zero-order valence-electron chi connectivity index (χ0n) is 15.8. The SMILES string of the molecule is CCOC(=O)c1c(NC(=O)c2ccccc2OCC)sc2c1CCCCC2. The molecule has 0 spiro atoms. The van der Waals surface area contributed by atoms with Crippen molar-refractivity contribution >= 4 is 28.2 Å². The number of hydrogen-bond donors (Lipinski definition) is 1. The van der Waals surface area contributed by atoms with Crippen molar-refractivity contribution in [1.29, 1.82) is 0 Å². The van der Waals surface area contributed by atoms with Crippen molar-refractivity contribution in [2.75, 3.05) is 18.5 Å². The van der Waals surface area contributed by atoms with Crippen LogP contribution in [0.25, 0.3) is 0 Å². The van der Waals surface area contributed by atoms with Gasteiger partial charge in [0.1, 0.15) is 10.8 Å². The Bertz CT molecular complexity index is 828. The summed E-state index contributed by atoms with van der Waals surface area (Å²) in [5, 5.41) is 3.52. The fraction of sp³-hybridized carbons (Fsp3) is 0.429. The highest BCUT2D eigenvalue weighted by molar-refractivity contribution is 7.17. The Morgan fingerprint density at radius 2 is 1.85 bits per heavy atom. The molecule has 0 unspecified atom stereocenters. The van der Waals surface area contributed by atoms with Gasteiger partial charge in [-0.25, -0.2) is 4.79 Å². The van der Waals surface area contributed by atoms with E-state index in [1.165, 1.54) is 16.2 Å². The lowest BCUT2D eigenvalue weighted by Gasteiger charge is -2.11. The summed E-state index contributed by atoms with van der Waals surface area (Å²) in [6, 6.07) is 7.13. The van der Waals surface area contributed by atoms with E-state index in [0.29, 0.717) is 35.1 Å². The summed E-state index contributed by atoms with van der Waals surface area (Å²) in [6.07, 6.45) is 5.11. The van der Waals surface area contributed by atoms with Crippen LogP contribution in [0.1, 0.15) is 64.3 Å². The second kappa shape index (κ2) is 9.04. The third-order valence-corrected chi connectivity index (χ3v) is 5.77. The van der Waals surface area contributed by atoms with E-state index in [1.807, 2.05) is 13.0 Å². The number of amides is 1. The molecule has 144 valence electrons. The highest BCUT2D eigenvalue weighted by atomic mass is 32.1. The molecule has 1 aromatic carbocycles. The van der Waals surface area contributed by atoms with E-state index in [9.17, 15) is 9.59 Å². The van der Waals surface area contributed by atoms with E-state index in [2.05, 4.69) is 5.32 Å². The lowest BCUT2D eigenvalue weighted by molar-refractivity contribution is 0.0527. The van der Waals surface area contributed by atoms with Crippen LogP contribution in [0.4, 0.5) is 5.00 Å². The van der Waals surface area contributed by atoms with Crippen LogP contribution in [0.15, 0.2) is 24.3 Å². The van der Waals surface area contributed by atoms with Gasteiger partial charge in [0, 0.05) is 4.88 Å². The van der Waals surface area contributed by atoms with Gasteiger partial charge in [-0.15, -0.1) is 11.3 Å². The Kier molecular flexibility index (Phi) is 6.50. The van der Waals surface area contributed by atoms with Gasteiger partial charge in [0.05, 0.1) is 24.3 Å². The number of anilines is 1. The molecule has 0 aliphatic heterocycles. The lowest BCUT2D eigenvalue weighted by atomic mass is 10.1. The highest BCUT2D eigenvalue weighted by Gasteiger charge is 2.27. The predicted octanol–water partition coefficient (Wildman–Crippen LogP) is 4.84. The molecular weight excluding hydrogens is 362 g/mol. The molecule has 2 aromatic rings. The second-order valence-electron chi connectivity index (χ2n) is 6.37. The van der Waals surface area contributed by atoms with E-state index in [-0.39, 0.29) is 11.9 Å². The summed E-state index contributed by atoms with van der Waals surface area (Å²) in [5.74, 6) is -0.0976. The van der Waals surface area contributed by atoms with Gasteiger partial charge in [-0.1, -0.05) is 18.6 Å². The van der Waals surface area contributed by atoms with Crippen molar-refractivity contribution < 1.29 is 19.1 Å². The number of ether oxygens (including phenoxy) is 2. The molecular formula is C21H25NO4S. The van der Waals surface area contributed by atoms with Crippen LogP contribution in [0.2, 0.25) is 0 Å². The fourth-order valence-electron chi connectivity index (χ4n) is 3.36. The minimum atomic E-state index is -0.356. The number of esters is 1. The summed E-state index contributed by atoms with van der Waals surface area (Å²) >= 11 is 1.50. The maximum Gasteiger partial charge on any atom is 0.341 e. The van der Waals surface area contributed by atoms with Gasteiger partial charge < -0.3 is 14.8 Å². The first kappa shape index (κ1) is 19.4. The number of carbonyl (C=O) groups is 2. The Morgan fingerprint density at radius 1 is 1.07 bits per heavy atom. The van der Waals surface area contributed by atoms with E-state index in [4.69, 9.17) is 9.47 Å². The fourth-order valence-corrected chi connectivity index (χ4v) is 4.63. The Morgan fingerprint density at radius 3 is 2.63 bits per heavy atom. The summed E-state index contributed by atoms with van der Waals surface area (Å²) in [5.41, 5.74) is 2.03. The van der Waals surface area contributed by atoms with E-state index in [0.717, 1.165) is 37.7 Å². The molecule has 27 heavy (non-hydrogen) atoms. The Labute approximate surface area is 163 Å². The van der Waals surface area contributed by atoms with Gasteiger partial charge in [0.2, 0.25) is 0 Å². The monoisotopic (exact) mass is 387 g/mol. The van der Waals surface area contributed by atoms with Gasteiger partial charge in [0.15, 0.2) is 0 Å². The number of nitrogens with one attached hydrogen (secondary N) is 1. The zero-order valence-corrected chi connectivity index (χ0v) is 16.6. The van der Waals surface area contributed by atoms with Crippen molar-refractivity contribution in [1.82, 2.24) is 0 Å². The van der Waals surface area contributed by atoms with Crippen LogP contribution in [-0.2, 0) is 17.6 Å². The first-order valence-corrected chi connectivity index (χ1v) is 10.3. The van der Waals surface area contributed by atoms with Crippen molar-refractivity contribution in [2.45, 2.75) is 46.0 Å². The number of benzene rings is 1. The molecule has 0 atom stereocenters. The highest BCUT2D eigenvalue weighted by Crippen LogP contribution is 2.38. The standard InChI is InChI=1S/C21H25NO4S/c1-3-25-16-12-9-8-10-14(16)19(23)22-20-18(21(24)26-4-2)15-11-6-5-7-13-17(15)27-20/h8-10,12H,3-7,11,13H2,1-2H3,(H,22,23). The van der Waals surface area contributed by atoms with Gasteiger partial charge in [-0.3, -0.25) is 4.79 Å². The van der Waals surface area contributed by atoms with E-state index >= 15 is 0 Å². The third kappa shape index (κ3) is 4.33. The molecule has 1 heterocycles. The van der Waals surface area contributed by atoms with Crippen molar-refractivity contribution in [2.24, 2.45) is 0 Å². The molecule has 6 heteroatoms. The number of fused-ring (bicyclic) bond motifs is 1. The van der Waals surface area contributed by atoms with Crippen molar-refractivity contribution in [3.63, 3.8) is 0 Å². The van der Waals surface area contributed by atoms with Crippen LogP contribution < -0.4 is 10.1 Å². The summed E-state index contributed by atoms with van der Waals surface area (Å²) in [7, 11) is 0. The van der Waals surface area contributed by atoms with Gasteiger partial charge >= 0.3 is 5.97 Å². The molecule has 0 bridgehead atoms. The molecule has 3 rings (SSSR count). The molecule has 1 aromatic heterocycles. The first-order valence-electron chi connectivity index (χ1n) is 9.50. The minimum Gasteiger partial charge on any atom is -0.493 e. The van der Waals surface area contributed by atoms with Crippen molar-refractivity contribution in [3.8, 4) is 5.75 Å². The van der Waals surface area contributed by atoms with Crippen LogP contribution >= 0.6 is 11.3 Å². The van der Waals surface area contributed by atoms with Gasteiger partial charge in [-0.2, -0.15) is 0 Å². The number of aryl methyl sites for hydroxylation is 1. The largest absolute Gasteiger partial charge is 0.493 e. The maximum absolute atomic E-state index is 12.9. The average molecular weight is 388 g/mol. The molecule has 5 nitrogen and oxygen atoms in total. The second-order valence-corrected chi connectivity index (χ2v) is 7.48. The van der Waals surface area contributed by atoms with E-state index < -0.39 is 0 Å². The lowest BCUT2D eigenvalue weighted by Crippen LogP contribution is -2.16. The summed E-state index contributed by atoms with van der Waals surface area (Å²) in [6.45, 7) is 4.46. The molecule has 0 saturated heterocycles. The number of thiophene rings is 1.